The van der Waals surface area contributed by atoms with E-state index in [2.05, 4.69) is 12.8 Å². The first kappa shape index (κ1) is 18.1. The molecule has 3 nitrogen and oxygen atoms in total. The maximum absolute atomic E-state index is 9.09. The first-order chi connectivity index (χ1) is 8.45. The van der Waals surface area contributed by atoms with Crippen molar-refractivity contribution in [3.05, 3.63) is 16.7 Å². The van der Waals surface area contributed by atoms with Crippen LogP contribution in [0.3, 0.4) is 0 Å². The van der Waals surface area contributed by atoms with Crippen LogP contribution in [-0.2, 0) is 29.0 Å². The van der Waals surface area contributed by atoms with Gasteiger partial charge in [0.15, 0.2) is 5.79 Å². The predicted molar refractivity (Wildman–Crippen MR) is 69.1 cm³/mol. The van der Waals surface area contributed by atoms with E-state index in [0.717, 1.165) is 38.0 Å². The van der Waals surface area contributed by atoms with E-state index in [9.17, 15) is 0 Å². The van der Waals surface area contributed by atoms with E-state index in [1.807, 2.05) is 13.8 Å². The Labute approximate surface area is 139 Å². The second-order valence-electron chi connectivity index (χ2n) is 6.50. The molecule has 0 bridgehead atoms. The van der Waals surface area contributed by atoms with Crippen molar-refractivity contribution in [1.82, 2.24) is 5.41 Å². The van der Waals surface area contributed by atoms with Crippen molar-refractivity contribution >= 4 is 5.87 Å². The van der Waals surface area contributed by atoms with E-state index in [-0.39, 0.29) is 37.3 Å². The van der Waals surface area contributed by atoms with Crippen LogP contribution >= 0.6 is 0 Å². The van der Waals surface area contributed by atoms with Gasteiger partial charge < -0.3 is 21.9 Å². The molecule has 0 aromatic carbocycles. The van der Waals surface area contributed by atoms with E-state index in [1.54, 1.807) is 0 Å². The molecular formula is C15H20ClNO2Zn-. The third-order valence-corrected chi connectivity index (χ3v) is 4.71. The van der Waals surface area contributed by atoms with Crippen LogP contribution in [-0.4, -0.2) is 24.9 Å². The molecule has 2 fully saturated rings. The Morgan fingerprint density at radius 3 is 2.35 bits per heavy atom. The van der Waals surface area contributed by atoms with Gasteiger partial charge in [-0.3, -0.25) is 0 Å². The molecule has 0 aromatic heterocycles. The average molecular weight is 347 g/mol. The third kappa shape index (κ3) is 2.96. The van der Waals surface area contributed by atoms with Gasteiger partial charge in [0.2, 0.25) is 0 Å². The van der Waals surface area contributed by atoms with Crippen LogP contribution < -0.4 is 17.8 Å². The Hall–Kier alpha value is 0.0234. The van der Waals surface area contributed by atoms with E-state index in [0.29, 0.717) is 5.92 Å². The first-order valence-electron chi connectivity index (χ1n) is 6.69. The second kappa shape index (κ2) is 6.03. The predicted octanol–water partition coefficient (Wildman–Crippen LogP) is -0.716. The molecule has 1 saturated heterocycles. The maximum Gasteiger partial charge on any atom is 0.162 e. The molecule has 107 valence electrons. The van der Waals surface area contributed by atoms with Crippen molar-refractivity contribution in [2.24, 2.45) is 11.3 Å². The van der Waals surface area contributed by atoms with E-state index >= 15 is 0 Å². The quantitative estimate of drug-likeness (QED) is 0.429. The summed E-state index contributed by atoms with van der Waals surface area (Å²) >= 11 is 0. The molecule has 0 amide bonds. The summed E-state index contributed by atoms with van der Waals surface area (Å²) in [6.07, 6.45) is 3.09. The molecule has 1 spiro atoms. The SMILES string of the molecule is CC1=C2CC3(COC(C)(C)OC3)CC2CC1=C=[N].[Cl-].[Zn]. The van der Waals surface area contributed by atoms with Crippen LogP contribution in [0.15, 0.2) is 16.7 Å². The monoisotopic (exact) mass is 345 g/mol. The van der Waals surface area contributed by atoms with Crippen LogP contribution in [0.2, 0.25) is 0 Å². The van der Waals surface area contributed by atoms with Gasteiger partial charge in [0.1, 0.15) is 0 Å². The summed E-state index contributed by atoms with van der Waals surface area (Å²) in [7, 11) is 0. The number of rotatable bonds is 0. The zero-order valence-corrected chi connectivity index (χ0v) is 16.2. The zero-order chi connectivity index (χ0) is 13.0. The largest absolute Gasteiger partial charge is 1.00 e. The van der Waals surface area contributed by atoms with Crippen molar-refractivity contribution in [1.29, 1.82) is 0 Å². The van der Waals surface area contributed by atoms with Crippen molar-refractivity contribution in [2.45, 2.75) is 45.8 Å². The molecule has 1 heterocycles. The smallest absolute Gasteiger partial charge is 0.162 e. The fraction of sp³-hybridized carbons (Fsp3) is 0.733. The van der Waals surface area contributed by atoms with Crippen LogP contribution in [0, 0.1) is 11.3 Å². The summed E-state index contributed by atoms with van der Waals surface area (Å²) in [6, 6.07) is 0. The molecule has 1 saturated carbocycles. The Bertz CT molecular complexity index is 470. The van der Waals surface area contributed by atoms with Gasteiger partial charge in [-0.1, -0.05) is 11.0 Å². The van der Waals surface area contributed by atoms with E-state index in [1.165, 1.54) is 11.1 Å². The van der Waals surface area contributed by atoms with Gasteiger partial charge >= 0.3 is 0 Å². The molecule has 20 heavy (non-hydrogen) atoms. The fourth-order valence-electron chi connectivity index (χ4n) is 3.58. The topological polar surface area (TPSA) is 40.8 Å². The molecule has 1 unspecified atom stereocenters. The molecule has 3 aliphatic rings. The first-order valence-corrected chi connectivity index (χ1v) is 6.69. The number of halogens is 1. The average Bonchev–Trinajstić information content (AvgIpc) is 2.81. The van der Waals surface area contributed by atoms with Crippen molar-refractivity contribution < 1.29 is 41.4 Å². The maximum atomic E-state index is 9.09. The summed E-state index contributed by atoms with van der Waals surface area (Å²) in [5.74, 6) is 2.47. The second-order valence-corrected chi connectivity index (χ2v) is 6.50. The molecular weight excluding hydrogens is 327 g/mol. The molecule has 3 rings (SSSR count). The van der Waals surface area contributed by atoms with E-state index < -0.39 is 5.79 Å². The summed E-state index contributed by atoms with van der Waals surface area (Å²) in [5, 5.41) is 9.09. The van der Waals surface area contributed by atoms with Crippen LogP contribution in [0.4, 0.5) is 0 Å². The van der Waals surface area contributed by atoms with Gasteiger partial charge in [-0.05, 0) is 51.5 Å². The Morgan fingerprint density at radius 1 is 1.25 bits per heavy atom. The number of ether oxygens (including phenoxy) is 2. The van der Waals surface area contributed by atoms with Crippen LogP contribution in [0.25, 0.3) is 0 Å². The van der Waals surface area contributed by atoms with Gasteiger partial charge in [0, 0.05) is 36.3 Å². The van der Waals surface area contributed by atoms with Gasteiger partial charge in [0.25, 0.3) is 0 Å². The summed E-state index contributed by atoms with van der Waals surface area (Å²) < 4.78 is 11.7. The minimum absolute atomic E-state index is 0. The normalized spacial score (nSPS) is 29.6. The van der Waals surface area contributed by atoms with Crippen LogP contribution in [0.5, 0.6) is 0 Å². The molecule has 0 aromatic rings. The van der Waals surface area contributed by atoms with E-state index in [4.69, 9.17) is 14.9 Å². The fourth-order valence-corrected chi connectivity index (χ4v) is 3.58. The Morgan fingerprint density at radius 2 is 1.85 bits per heavy atom. The number of allylic oxidation sites excluding steroid dienone is 3. The van der Waals surface area contributed by atoms with Crippen molar-refractivity contribution in [2.75, 3.05) is 13.2 Å². The van der Waals surface area contributed by atoms with Gasteiger partial charge in [-0.2, -0.15) is 0 Å². The summed E-state index contributed by atoms with van der Waals surface area (Å²) in [6.45, 7) is 7.62. The van der Waals surface area contributed by atoms with Gasteiger partial charge in [0.05, 0.1) is 13.2 Å². The third-order valence-electron chi connectivity index (χ3n) is 4.71. The number of hydrogen-bond acceptors (Lipinski definition) is 2. The van der Waals surface area contributed by atoms with Crippen molar-refractivity contribution in [3.63, 3.8) is 0 Å². The van der Waals surface area contributed by atoms with Gasteiger partial charge in [-0.25, -0.2) is 0 Å². The molecule has 2 aliphatic carbocycles. The summed E-state index contributed by atoms with van der Waals surface area (Å²) in [5.41, 5.74) is 3.88. The standard InChI is InChI=1S/C15H20NO2.ClH.Zn/c1-10-12(7-16)4-11-5-15(6-13(10)11)8-17-14(2,3)18-9-15;;/h11H,4-6,8-9H2,1-3H3;1H;/p-1. The van der Waals surface area contributed by atoms with Crippen LogP contribution in [0.1, 0.15) is 40.0 Å². The Balaban J connectivity index is 0.000001000. The molecule has 5 heteroatoms. The molecule has 1 aliphatic heterocycles. The minimum atomic E-state index is -0.434. The van der Waals surface area contributed by atoms with Gasteiger partial charge in [-0.15, -0.1) is 0 Å². The number of nitrogens with zero attached hydrogens (tertiary/aromatic N) is 1. The molecule has 1 atom stereocenters. The molecule has 0 N–H and O–H groups in total. The Kier molecular flexibility index (Phi) is 5.45. The van der Waals surface area contributed by atoms with Crippen molar-refractivity contribution in [3.8, 4) is 0 Å². The summed E-state index contributed by atoms with van der Waals surface area (Å²) in [4.78, 5) is 0. The minimum Gasteiger partial charge on any atom is -1.00 e. The molecule has 1 radical (unpaired) electrons. The number of hydrogen-bond donors (Lipinski definition) is 0. The number of fused-ring (bicyclic) bond motifs is 1. The zero-order valence-electron chi connectivity index (χ0n) is 12.5.